The highest BCUT2D eigenvalue weighted by molar-refractivity contribution is 6.31. The number of nitrogens with two attached hydrogens (primary N) is 1. The molecular formula is C15H11ClN2O2. The molecule has 4 nitrogen and oxygen atoms in total. The number of nitrogens with zero attached hydrogens (tertiary/aromatic N) is 1. The summed E-state index contributed by atoms with van der Waals surface area (Å²) >= 11 is 5.82. The first-order valence-corrected chi connectivity index (χ1v) is 6.19. The SMILES string of the molecule is N#Cc1cccc(COC(=O)c2cc(Cl)ccc2N)c1. The molecule has 0 unspecified atom stereocenters. The van der Waals surface area contributed by atoms with Crippen molar-refractivity contribution in [2.45, 2.75) is 6.61 Å². The Morgan fingerprint density at radius 1 is 1.30 bits per heavy atom. The number of nitriles is 1. The monoisotopic (exact) mass is 286 g/mol. The highest BCUT2D eigenvalue weighted by atomic mass is 35.5. The average Bonchev–Trinajstić information content (AvgIpc) is 2.47. The predicted molar refractivity (Wildman–Crippen MR) is 76.1 cm³/mol. The fraction of sp³-hybridized carbons (Fsp3) is 0.0667. The number of ether oxygens (including phenoxy) is 1. The number of rotatable bonds is 3. The van der Waals surface area contributed by atoms with E-state index in [1.807, 2.05) is 6.07 Å². The van der Waals surface area contributed by atoms with Crippen molar-refractivity contribution in [2.24, 2.45) is 0 Å². The summed E-state index contributed by atoms with van der Waals surface area (Å²) < 4.78 is 5.16. The van der Waals surface area contributed by atoms with E-state index in [1.54, 1.807) is 36.4 Å². The van der Waals surface area contributed by atoms with Gasteiger partial charge in [-0.15, -0.1) is 0 Å². The van der Waals surface area contributed by atoms with Crippen molar-refractivity contribution in [3.63, 3.8) is 0 Å². The molecule has 0 bridgehead atoms. The molecule has 2 aromatic carbocycles. The lowest BCUT2D eigenvalue weighted by atomic mass is 10.1. The van der Waals surface area contributed by atoms with Gasteiger partial charge in [-0.05, 0) is 35.9 Å². The Kier molecular flexibility index (Phi) is 4.24. The van der Waals surface area contributed by atoms with Gasteiger partial charge in [0.1, 0.15) is 6.61 Å². The molecule has 0 spiro atoms. The molecule has 0 heterocycles. The first-order valence-electron chi connectivity index (χ1n) is 5.81. The van der Waals surface area contributed by atoms with Crippen LogP contribution in [0.1, 0.15) is 21.5 Å². The van der Waals surface area contributed by atoms with Crippen molar-refractivity contribution in [3.05, 3.63) is 64.2 Å². The van der Waals surface area contributed by atoms with Crippen LogP contribution in [0.3, 0.4) is 0 Å². The van der Waals surface area contributed by atoms with Crippen molar-refractivity contribution in [2.75, 3.05) is 5.73 Å². The lowest BCUT2D eigenvalue weighted by Gasteiger charge is -2.07. The standard InChI is InChI=1S/C15H11ClN2O2/c16-12-4-5-14(18)13(7-12)15(19)20-9-11-3-1-2-10(6-11)8-17/h1-7H,9,18H2. The summed E-state index contributed by atoms with van der Waals surface area (Å²) in [5.41, 5.74) is 7.49. The Balaban J connectivity index is 2.09. The van der Waals surface area contributed by atoms with Gasteiger partial charge in [-0.3, -0.25) is 0 Å². The fourth-order valence-electron chi connectivity index (χ4n) is 1.66. The molecule has 0 aromatic heterocycles. The Bertz CT molecular complexity index is 693. The zero-order chi connectivity index (χ0) is 14.5. The molecule has 0 aliphatic rings. The molecule has 0 fully saturated rings. The third kappa shape index (κ3) is 3.28. The lowest BCUT2D eigenvalue weighted by molar-refractivity contribution is 0.0474. The van der Waals surface area contributed by atoms with E-state index in [-0.39, 0.29) is 12.2 Å². The largest absolute Gasteiger partial charge is 0.457 e. The molecule has 20 heavy (non-hydrogen) atoms. The van der Waals surface area contributed by atoms with Crippen LogP contribution in [0.5, 0.6) is 0 Å². The number of carbonyl (C=O) groups is 1. The van der Waals surface area contributed by atoms with Gasteiger partial charge in [0.15, 0.2) is 0 Å². The normalized spacial score (nSPS) is 9.80. The van der Waals surface area contributed by atoms with Gasteiger partial charge >= 0.3 is 5.97 Å². The summed E-state index contributed by atoms with van der Waals surface area (Å²) in [6.07, 6.45) is 0. The maximum absolute atomic E-state index is 11.9. The maximum Gasteiger partial charge on any atom is 0.340 e. The molecular weight excluding hydrogens is 276 g/mol. The van der Waals surface area contributed by atoms with E-state index in [9.17, 15) is 4.79 Å². The predicted octanol–water partition coefficient (Wildman–Crippen LogP) is 3.15. The minimum atomic E-state index is -0.549. The smallest absolute Gasteiger partial charge is 0.340 e. The third-order valence-electron chi connectivity index (χ3n) is 2.66. The third-order valence-corrected chi connectivity index (χ3v) is 2.90. The van der Waals surface area contributed by atoms with Crippen molar-refractivity contribution in [1.82, 2.24) is 0 Å². The van der Waals surface area contributed by atoms with Gasteiger partial charge in [0.25, 0.3) is 0 Å². The molecule has 0 radical (unpaired) electrons. The topological polar surface area (TPSA) is 76.1 Å². The van der Waals surface area contributed by atoms with Gasteiger partial charge in [0.2, 0.25) is 0 Å². The first kappa shape index (κ1) is 13.9. The average molecular weight is 287 g/mol. The van der Waals surface area contributed by atoms with E-state index in [0.717, 1.165) is 5.56 Å². The number of hydrogen-bond acceptors (Lipinski definition) is 4. The van der Waals surface area contributed by atoms with Crippen LogP contribution in [0.2, 0.25) is 5.02 Å². The van der Waals surface area contributed by atoms with E-state index in [2.05, 4.69) is 0 Å². The van der Waals surface area contributed by atoms with Crippen LogP contribution < -0.4 is 5.73 Å². The zero-order valence-corrected chi connectivity index (χ0v) is 11.2. The molecule has 5 heteroatoms. The molecule has 0 aliphatic heterocycles. The van der Waals surface area contributed by atoms with E-state index in [4.69, 9.17) is 27.3 Å². The van der Waals surface area contributed by atoms with E-state index in [0.29, 0.717) is 16.3 Å². The second-order valence-corrected chi connectivity index (χ2v) is 4.56. The number of hydrogen-bond donors (Lipinski definition) is 1. The van der Waals surface area contributed by atoms with Gasteiger partial charge in [-0.25, -0.2) is 4.79 Å². The highest BCUT2D eigenvalue weighted by Crippen LogP contribution is 2.19. The van der Waals surface area contributed by atoms with Gasteiger partial charge in [-0.2, -0.15) is 5.26 Å². The van der Waals surface area contributed by atoms with Crippen molar-refractivity contribution in [3.8, 4) is 6.07 Å². The summed E-state index contributed by atoms with van der Waals surface area (Å²) in [4.78, 5) is 11.9. The lowest BCUT2D eigenvalue weighted by Crippen LogP contribution is -2.08. The van der Waals surface area contributed by atoms with E-state index >= 15 is 0 Å². The summed E-state index contributed by atoms with van der Waals surface area (Å²) in [6.45, 7) is 0.0697. The minimum Gasteiger partial charge on any atom is -0.457 e. The van der Waals surface area contributed by atoms with Gasteiger partial charge < -0.3 is 10.5 Å². The van der Waals surface area contributed by atoms with Crippen molar-refractivity contribution < 1.29 is 9.53 Å². The van der Waals surface area contributed by atoms with Crippen LogP contribution in [0.4, 0.5) is 5.69 Å². The van der Waals surface area contributed by atoms with E-state index in [1.165, 1.54) is 6.07 Å². The minimum absolute atomic E-state index is 0.0697. The fourth-order valence-corrected chi connectivity index (χ4v) is 1.83. The van der Waals surface area contributed by atoms with Gasteiger partial charge in [0, 0.05) is 10.7 Å². The molecule has 0 aliphatic carbocycles. The summed E-state index contributed by atoms with van der Waals surface area (Å²) in [5, 5.41) is 9.21. The number of esters is 1. The molecule has 0 saturated heterocycles. The molecule has 0 saturated carbocycles. The number of nitrogen functional groups attached to an aromatic ring is 1. The van der Waals surface area contributed by atoms with Gasteiger partial charge in [-0.1, -0.05) is 23.7 Å². The molecule has 0 atom stereocenters. The van der Waals surface area contributed by atoms with Crippen LogP contribution in [0.25, 0.3) is 0 Å². The molecule has 2 rings (SSSR count). The Morgan fingerprint density at radius 3 is 2.85 bits per heavy atom. The maximum atomic E-state index is 11.9. The molecule has 2 N–H and O–H groups in total. The van der Waals surface area contributed by atoms with Crippen molar-refractivity contribution in [1.29, 1.82) is 5.26 Å². The highest BCUT2D eigenvalue weighted by Gasteiger charge is 2.12. The zero-order valence-electron chi connectivity index (χ0n) is 10.5. The van der Waals surface area contributed by atoms with Crippen LogP contribution in [0.15, 0.2) is 42.5 Å². The second-order valence-electron chi connectivity index (χ2n) is 4.12. The van der Waals surface area contributed by atoms with Gasteiger partial charge in [0.05, 0.1) is 17.2 Å². The number of benzene rings is 2. The Hall–Kier alpha value is -2.51. The first-order chi connectivity index (χ1) is 9.60. The quantitative estimate of drug-likeness (QED) is 0.694. The molecule has 2 aromatic rings. The van der Waals surface area contributed by atoms with Crippen LogP contribution in [-0.2, 0) is 11.3 Å². The second kappa shape index (κ2) is 6.09. The van der Waals surface area contributed by atoms with E-state index < -0.39 is 5.97 Å². The van der Waals surface area contributed by atoms with Crippen LogP contribution in [0, 0.1) is 11.3 Å². The Labute approximate surface area is 121 Å². The number of anilines is 1. The summed E-state index contributed by atoms with van der Waals surface area (Å²) in [5.74, 6) is -0.549. The molecule has 0 amide bonds. The van der Waals surface area contributed by atoms with Crippen LogP contribution in [-0.4, -0.2) is 5.97 Å². The number of carbonyl (C=O) groups excluding carboxylic acids is 1. The molecule has 100 valence electrons. The summed E-state index contributed by atoms with van der Waals surface area (Å²) in [7, 11) is 0. The Morgan fingerprint density at radius 2 is 2.10 bits per heavy atom. The van der Waals surface area contributed by atoms with Crippen LogP contribution >= 0.6 is 11.6 Å². The number of halogens is 1. The van der Waals surface area contributed by atoms with Crippen molar-refractivity contribution >= 4 is 23.3 Å². The summed E-state index contributed by atoms with van der Waals surface area (Å²) in [6, 6.07) is 13.5.